The van der Waals surface area contributed by atoms with Crippen molar-refractivity contribution in [2.45, 2.75) is 26.2 Å². The van der Waals surface area contributed by atoms with Gasteiger partial charge in [0, 0.05) is 30.5 Å². The zero-order valence-electron chi connectivity index (χ0n) is 16.8. The molecule has 3 rings (SSSR count). The maximum absolute atomic E-state index is 12.6. The van der Waals surface area contributed by atoms with Crippen molar-refractivity contribution in [3.05, 3.63) is 59.5 Å². The zero-order chi connectivity index (χ0) is 21.0. The van der Waals surface area contributed by atoms with Crippen molar-refractivity contribution >= 4 is 29.2 Å². The van der Waals surface area contributed by atoms with E-state index in [1.807, 2.05) is 25.1 Å². The molecule has 0 radical (unpaired) electrons. The molecule has 1 amide bonds. The molecule has 2 aliphatic rings. The second kappa shape index (κ2) is 8.77. The van der Waals surface area contributed by atoms with E-state index in [-0.39, 0.29) is 17.2 Å². The quantitative estimate of drug-likeness (QED) is 0.729. The molecule has 0 saturated heterocycles. The molecule has 152 valence electrons. The Hall–Kier alpha value is -3.35. The Morgan fingerprint density at radius 2 is 1.83 bits per heavy atom. The van der Waals surface area contributed by atoms with Crippen LogP contribution in [0.15, 0.2) is 53.9 Å². The number of rotatable bonds is 4. The Balaban J connectivity index is 2.14. The van der Waals surface area contributed by atoms with E-state index in [1.165, 1.54) is 20.3 Å². The smallest absolute Gasteiger partial charge is 0.355 e. The van der Waals surface area contributed by atoms with Crippen LogP contribution >= 0.6 is 0 Å². The molecule has 0 saturated carbocycles. The van der Waals surface area contributed by atoms with Crippen molar-refractivity contribution in [3.8, 4) is 0 Å². The average molecular weight is 396 g/mol. The van der Waals surface area contributed by atoms with E-state index in [0.717, 1.165) is 24.1 Å². The van der Waals surface area contributed by atoms with Gasteiger partial charge in [-0.2, -0.15) is 0 Å². The molecule has 29 heavy (non-hydrogen) atoms. The van der Waals surface area contributed by atoms with Crippen molar-refractivity contribution < 1.29 is 23.9 Å². The summed E-state index contributed by atoms with van der Waals surface area (Å²) in [5.74, 6) is -1.26. The molecule has 1 aromatic carbocycles. The number of hydrogen-bond acceptors (Lipinski definition) is 6. The molecule has 0 spiro atoms. The Morgan fingerprint density at radius 1 is 1.07 bits per heavy atom. The van der Waals surface area contributed by atoms with Crippen molar-refractivity contribution in [2.24, 2.45) is 0 Å². The fraction of sp³-hybridized carbons (Fsp3) is 0.318. The minimum absolute atomic E-state index is 0.0495. The lowest BCUT2D eigenvalue weighted by Crippen LogP contribution is -2.35. The molecule has 0 aromatic heterocycles. The van der Waals surface area contributed by atoms with Gasteiger partial charge in [0.1, 0.15) is 5.70 Å². The van der Waals surface area contributed by atoms with Crippen LogP contribution < -0.4 is 9.80 Å². The first-order valence-corrected chi connectivity index (χ1v) is 9.50. The fourth-order valence-corrected chi connectivity index (χ4v) is 3.53. The number of fused-ring (bicyclic) bond motifs is 1. The largest absolute Gasteiger partial charge is 0.465 e. The van der Waals surface area contributed by atoms with E-state index in [0.29, 0.717) is 18.7 Å². The third-order valence-corrected chi connectivity index (χ3v) is 4.96. The number of hydrogen-bond donors (Lipinski definition) is 0. The molecule has 2 aliphatic heterocycles. The highest BCUT2D eigenvalue weighted by atomic mass is 16.5. The number of nitrogens with zero attached hydrogens (tertiary/aromatic N) is 2. The molecule has 0 bridgehead atoms. The van der Waals surface area contributed by atoms with Crippen LogP contribution in [0, 0.1) is 0 Å². The van der Waals surface area contributed by atoms with Gasteiger partial charge in [-0.25, -0.2) is 9.59 Å². The fourth-order valence-electron chi connectivity index (χ4n) is 3.53. The van der Waals surface area contributed by atoms with Crippen molar-refractivity contribution in [1.29, 1.82) is 0 Å². The molecular weight excluding hydrogens is 372 g/mol. The van der Waals surface area contributed by atoms with Crippen LogP contribution in [0.3, 0.4) is 0 Å². The molecule has 1 aromatic rings. The summed E-state index contributed by atoms with van der Waals surface area (Å²) in [6, 6.07) is 5.69. The van der Waals surface area contributed by atoms with Crippen molar-refractivity contribution in [1.82, 2.24) is 0 Å². The van der Waals surface area contributed by atoms with Gasteiger partial charge in [0.05, 0.1) is 19.8 Å². The molecule has 7 heteroatoms. The number of carbonyl (C=O) groups is 3. The summed E-state index contributed by atoms with van der Waals surface area (Å²) in [6.45, 7) is 2.50. The highest BCUT2D eigenvalue weighted by molar-refractivity contribution is 6.05. The van der Waals surface area contributed by atoms with Crippen LogP contribution in [0.2, 0.25) is 0 Å². The summed E-state index contributed by atoms with van der Waals surface area (Å²) in [7, 11) is 2.52. The predicted octanol–water partition coefficient (Wildman–Crippen LogP) is 2.87. The van der Waals surface area contributed by atoms with Gasteiger partial charge in [0.2, 0.25) is 5.91 Å². The van der Waals surface area contributed by atoms with E-state index >= 15 is 0 Å². The maximum atomic E-state index is 12.6. The lowest BCUT2D eigenvalue weighted by Gasteiger charge is -2.31. The summed E-state index contributed by atoms with van der Waals surface area (Å²) >= 11 is 0. The van der Waals surface area contributed by atoms with Gasteiger partial charge >= 0.3 is 11.9 Å². The van der Waals surface area contributed by atoms with Crippen LogP contribution in [-0.4, -0.2) is 38.6 Å². The number of benzene rings is 1. The molecular formula is C22H24N2O5. The van der Waals surface area contributed by atoms with E-state index in [2.05, 4.69) is 0 Å². The second-order valence-corrected chi connectivity index (χ2v) is 6.63. The summed E-state index contributed by atoms with van der Waals surface area (Å²) in [6.07, 6.45) is 8.76. The lowest BCUT2D eigenvalue weighted by molar-refractivity contribution is -0.139. The number of allylic oxidation sites excluding steroid dienone is 2. The Bertz CT molecular complexity index is 929. The first-order chi connectivity index (χ1) is 14.0. The van der Waals surface area contributed by atoms with E-state index in [9.17, 15) is 14.4 Å². The number of ether oxygens (including phenoxy) is 2. The van der Waals surface area contributed by atoms with Crippen molar-refractivity contribution in [2.75, 3.05) is 30.6 Å². The second-order valence-electron chi connectivity index (χ2n) is 6.63. The standard InChI is InChI=1S/C22H24N2O5/c1-4-19(25)24-13-7-8-15-10-11-16(14-18(15)24)23-12-6-5-9-17(21(26)28-2)20(23)22(27)29-3/h5-6,9-12,14H,4,7-8,13H2,1-3H3. The Kier molecular flexibility index (Phi) is 6.16. The van der Waals surface area contributed by atoms with E-state index < -0.39 is 11.9 Å². The number of carbonyl (C=O) groups excluding carboxylic acids is 3. The number of esters is 2. The van der Waals surface area contributed by atoms with Crippen LogP contribution in [0.1, 0.15) is 25.3 Å². The van der Waals surface area contributed by atoms with Crippen LogP contribution in [0.25, 0.3) is 0 Å². The number of anilines is 2. The highest BCUT2D eigenvalue weighted by Crippen LogP contribution is 2.34. The number of methoxy groups -OCH3 is 2. The molecule has 0 N–H and O–H groups in total. The van der Waals surface area contributed by atoms with Gasteiger partial charge < -0.3 is 19.3 Å². The van der Waals surface area contributed by atoms with Gasteiger partial charge in [0.15, 0.2) is 0 Å². The van der Waals surface area contributed by atoms with Crippen LogP contribution in [0.4, 0.5) is 11.4 Å². The number of amides is 1. The first-order valence-electron chi connectivity index (χ1n) is 9.50. The third kappa shape index (κ3) is 3.94. The average Bonchev–Trinajstić information content (AvgIpc) is 2.99. The molecule has 0 atom stereocenters. The topological polar surface area (TPSA) is 76.2 Å². The van der Waals surface area contributed by atoms with Crippen LogP contribution in [0.5, 0.6) is 0 Å². The monoisotopic (exact) mass is 396 g/mol. The summed E-state index contributed by atoms with van der Waals surface area (Å²) in [5.41, 5.74) is 2.68. The molecule has 0 fully saturated rings. The zero-order valence-corrected chi connectivity index (χ0v) is 16.8. The first kappa shape index (κ1) is 20.4. The van der Waals surface area contributed by atoms with E-state index in [1.54, 1.807) is 28.2 Å². The Morgan fingerprint density at radius 3 is 2.52 bits per heavy atom. The third-order valence-electron chi connectivity index (χ3n) is 4.96. The normalized spacial score (nSPS) is 15.7. The van der Waals surface area contributed by atoms with E-state index in [4.69, 9.17) is 9.47 Å². The van der Waals surface area contributed by atoms with Gasteiger partial charge in [-0.05, 0) is 42.7 Å². The van der Waals surface area contributed by atoms with Gasteiger partial charge in [-0.15, -0.1) is 0 Å². The minimum atomic E-state index is -0.666. The van der Waals surface area contributed by atoms with Crippen molar-refractivity contribution in [3.63, 3.8) is 0 Å². The molecule has 7 nitrogen and oxygen atoms in total. The predicted molar refractivity (Wildman–Crippen MR) is 109 cm³/mol. The summed E-state index contributed by atoms with van der Waals surface area (Å²) in [4.78, 5) is 40.7. The Labute approximate surface area is 169 Å². The molecule has 2 heterocycles. The molecule has 0 unspecified atom stereocenters. The number of aryl methyl sites for hydroxylation is 1. The minimum Gasteiger partial charge on any atom is -0.465 e. The SMILES string of the molecule is CCC(=O)N1CCCc2ccc(N3C=CC=CC(C(=O)OC)=C3C(=O)OC)cc21. The lowest BCUT2D eigenvalue weighted by atomic mass is 10.00. The summed E-state index contributed by atoms with van der Waals surface area (Å²) in [5, 5.41) is 0. The van der Waals surface area contributed by atoms with Gasteiger partial charge in [-0.3, -0.25) is 4.79 Å². The highest BCUT2D eigenvalue weighted by Gasteiger charge is 2.29. The van der Waals surface area contributed by atoms with Gasteiger partial charge in [-0.1, -0.05) is 19.1 Å². The summed E-state index contributed by atoms with van der Waals surface area (Å²) < 4.78 is 9.78. The maximum Gasteiger partial charge on any atom is 0.355 e. The molecule has 0 aliphatic carbocycles. The van der Waals surface area contributed by atoms with Crippen LogP contribution in [-0.2, 0) is 30.3 Å². The van der Waals surface area contributed by atoms with Gasteiger partial charge in [0.25, 0.3) is 0 Å².